The second kappa shape index (κ2) is 11.3. The van der Waals surface area contributed by atoms with E-state index in [9.17, 15) is 4.79 Å². The van der Waals surface area contributed by atoms with Gasteiger partial charge in [-0.25, -0.2) is 0 Å². The lowest BCUT2D eigenvalue weighted by Crippen LogP contribution is -2.43. The van der Waals surface area contributed by atoms with Gasteiger partial charge < -0.3 is 14.7 Å². The molecule has 1 amide bonds. The van der Waals surface area contributed by atoms with E-state index in [1.807, 2.05) is 55.1 Å². The van der Waals surface area contributed by atoms with Gasteiger partial charge in [0.15, 0.2) is 5.11 Å². The molecule has 2 aromatic rings. The molecule has 2 aromatic carbocycles. The molecule has 0 spiro atoms. The molecule has 0 heterocycles. The Morgan fingerprint density at radius 1 is 1.21 bits per heavy atom. The average molecular weight is 512 g/mol. The summed E-state index contributed by atoms with van der Waals surface area (Å²) in [7, 11) is 0. The molecular weight excluding hydrogens is 487 g/mol. The van der Waals surface area contributed by atoms with Crippen LogP contribution in [-0.4, -0.2) is 35.9 Å². The molecule has 0 bridgehead atoms. The molecule has 2 N–H and O–H groups in total. The topological polar surface area (TPSA) is 61.8 Å². The van der Waals surface area contributed by atoms with Crippen molar-refractivity contribution in [2.24, 2.45) is 0 Å². The number of anilines is 1. The summed E-state index contributed by atoms with van der Waals surface area (Å²) in [6.45, 7) is 5.26. The predicted molar refractivity (Wildman–Crippen MR) is 125 cm³/mol. The van der Waals surface area contributed by atoms with Crippen molar-refractivity contribution in [3.05, 3.63) is 57.2 Å². The Morgan fingerprint density at radius 2 is 1.93 bits per heavy atom. The third kappa shape index (κ3) is 6.42. The lowest BCUT2D eigenvalue weighted by Gasteiger charge is -2.26. The number of amides is 1. The number of ether oxygens (including phenoxy) is 1. The number of rotatable bonds is 8. The van der Waals surface area contributed by atoms with Crippen LogP contribution in [0.1, 0.15) is 35.7 Å². The molecule has 0 fully saturated rings. The smallest absolute Gasteiger partial charge is 0.257 e. The molecule has 0 aliphatic carbocycles. The van der Waals surface area contributed by atoms with Gasteiger partial charge in [0.1, 0.15) is 5.75 Å². The average Bonchev–Trinajstić information content (AvgIpc) is 2.68. The van der Waals surface area contributed by atoms with E-state index < -0.39 is 0 Å². The lowest BCUT2D eigenvalue weighted by atomic mass is 10.1. The minimum absolute atomic E-state index is 0.123. The van der Waals surface area contributed by atoms with E-state index in [1.165, 1.54) is 0 Å². The monoisotopic (exact) mass is 512 g/mol. The number of unbranched alkanes of at least 4 members (excludes halogenated alkanes) is 1. The van der Waals surface area contributed by atoms with Crippen LogP contribution in [0, 0.1) is 10.5 Å². The van der Waals surface area contributed by atoms with Gasteiger partial charge in [-0.15, -0.1) is 0 Å². The summed E-state index contributed by atoms with van der Waals surface area (Å²) in [6.07, 6.45) is 1.42. The number of carbonyl (C=O) groups is 1. The fourth-order valence-electron chi connectivity index (χ4n) is 2.59. The zero-order valence-electron chi connectivity index (χ0n) is 16.1. The summed E-state index contributed by atoms with van der Waals surface area (Å²) in [5.41, 5.74) is 2.56. The van der Waals surface area contributed by atoms with Crippen LogP contribution < -0.4 is 15.0 Å². The Morgan fingerprint density at radius 3 is 2.54 bits per heavy atom. The number of carbonyl (C=O) groups excluding carboxylic acids is 1. The van der Waals surface area contributed by atoms with Gasteiger partial charge in [0.05, 0.1) is 6.61 Å². The number of aliphatic hydroxyl groups excluding tert-OH is 1. The number of halogens is 1. The first kappa shape index (κ1) is 22.6. The first-order valence-electron chi connectivity index (χ1n) is 9.19. The van der Waals surface area contributed by atoms with Crippen LogP contribution in [0.15, 0.2) is 42.5 Å². The van der Waals surface area contributed by atoms with Gasteiger partial charge in [-0.2, -0.15) is 0 Å². The van der Waals surface area contributed by atoms with Crippen LogP contribution in [-0.2, 0) is 0 Å². The number of benzene rings is 2. The van der Waals surface area contributed by atoms with E-state index in [-0.39, 0.29) is 12.5 Å². The Balaban J connectivity index is 2.15. The molecule has 150 valence electrons. The van der Waals surface area contributed by atoms with Crippen molar-refractivity contribution in [3.8, 4) is 5.75 Å². The molecule has 2 rings (SSSR count). The largest absolute Gasteiger partial charge is 0.494 e. The summed E-state index contributed by atoms with van der Waals surface area (Å²) < 4.78 is 6.52. The summed E-state index contributed by atoms with van der Waals surface area (Å²) in [6, 6.07) is 13.2. The summed E-state index contributed by atoms with van der Waals surface area (Å²) in [5.74, 6) is 0.548. The molecular formula is C21H25IN2O3S. The van der Waals surface area contributed by atoms with Gasteiger partial charge in [-0.05, 0) is 103 Å². The molecule has 0 saturated carbocycles. The maximum atomic E-state index is 12.6. The Bertz CT molecular complexity index is 812. The molecule has 7 heteroatoms. The van der Waals surface area contributed by atoms with Crippen molar-refractivity contribution in [2.75, 3.05) is 24.7 Å². The van der Waals surface area contributed by atoms with Crippen LogP contribution in [0.5, 0.6) is 5.75 Å². The second-order valence-corrected chi connectivity index (χ2v) is 7.78. The normalized spacial score (nSPS) is 10.4. The molecule has 0 aliphatic heterocycles. The van der Waals surface area contributed by atoms with Gasteiger partial charge in [0.2, 0.25) is 0 Å². The number of aryl methyl sites for hydroxylation is 1. The minimum Gasteiger partial charge on any atom is -0.494 e. The van der Waals surface area contributed by atoms with E-state index >= 15 is 0 Å². The van der Waals surface area contributed by atoms with Crippen LogP contribution in [0.25, 0.3) is 0 Å². The van der Waals surface area contributed by atoms with Crippen molar-refractivity contribution in [3.63, 3.8) is 0 Å². The highest BCUT2D eigenvalue weighted by Gasteiger charge is 2.16. The van der Waals surface area contributed by atoms with E-state index in [0.717, 1.165) is 27.0 Å². The van der Waals surface area contributed by atoms with E-state index in [4.69, 9.17) is 22.1 Å². The molecule has 28 heavy (non-hydrogen) atoms. The maximum Gasteiger partial charge on any atom is 0.257 e. The Kier molecular flexibility index (Phi) is 9.14. The van der Waals surface area contributed by atoms with Gasteiger partial charge in [-0.3, -0.25) is 10.1 Å². The van der Waals surface area contributed by atoms with Crippen LogP contribution in [0.2, 0.25) is 0 Å². The quantitative estimate of drug-likeness (QED) is 0.314. The third-order valence-corrected chi connectivity index (χ3v) is 5.63. The van der Waals surface area contributed by atoms with E-state index in [2.05, 4.69) is 27.9 Å². The molecule has 5 nitrogen and oxygen atoms in total. The number of nitrogens with zero attached hydrogens (tertiary/aromatic N) is 1. The first-order valence-corrected chi connectivity index (χ1v) is 10.7. The maximum absolute atomic E-state index is 12.6. The fraction of sp³-hybridized carbons (Fsp3) is 0.333. The summed E-state index contributed by atoms with van der Waals surface area (Å²) in [5, 5.41) is 12.3. The highest BCUT2D eigenvalue weighted by Crippen LogP contribution is 2.21. The van der Waals surface area contributed by atoms with Crippen molar-refractivity contribution < 1.29 is 14.6 Å². The van der Waals surface area contributed by atoms with Crippen molar-refractivity contribution >= 4 is 51.5 Å². The molecule has 0 atom stereocenters. The van der Waals surface area contributed by atoms with Crippen molar-refractivity contribution in [1.82, 2.24) is 5.32 Å². The fourth-order valence-corrected chi connectivity index (χ4v) is 3.39. The first-order chi connectivity index (χ1) is 13.5. The molecule has 0 aromatic heterocycles. The number of hydrogen-bond acceptors (Lipinski definition) is 4. The molecule has 0 radical (unpaired) electrons. The Labute approximate surface area is 185 Å². The van der Waals surface area contributed by atoms with Crippen LogP contribution in [0.4, 0.5) is 5.69 Å². The zero-order valence-corrected chi connectivity index (χ0v) is 19.0. The zero-order chi connectivity index (χ0) is 20.5. The van der Waals surface area contributed by atoms with Crippen LogP contribution in [0.3, 0.4) is 0 Å². The van der Waals surface area contributed by atoms with Crippen LogP contribution >= 0.6 is 34.8 Å². The van der Waals surface area contributed by atoms with E-state index in [1.54, 1.807) is 6.07 Å². The molecule has 0 saturated heterocycles. The standard InChI is InChI=1S/C21H25IN2O3S/c1-3-27-18-10-8-17(9-11-18)24(12-4-5-13-25)21(28)23-20(26)16-7-6-15(2)19(22)14-16/h6-11,14,25H,3-5,12-13H2,1-2H3,(H,23,26,28). The lowest BCUT2D eigenvalue weighted by molar-refractivity contribution is 0.0977. The highest BCUT2D eigenvalue weighted by molar-refractivity contribution is 14.1. The van der Waals surface area contributed by atoms with Gasteiger partial charge >= 0.3 is 0 Å². The van der Waals surface area contributed by atoms with Gasteiger partial charge in [0, 0.05) is 28.0 Å². The number of hydrogen-bond donors (Lipinski definition) is 2. The number of thiocarbonyl (C=S) groups is 1. The second-order valence-electron chi connectivity index (χ2n) is 6.23. The minimum atomic E-state index is -0.235. The van der Waals surface area contributed by atoms with Crippen molar-refractivity contribution in [1.29, 1.82) is 0 Å². The van der Waals surface area contributed by atoms with Gasteiger partial charge in [-0.1, -0.05) is 6.07 Å². The predicted octanol–water partition coefficient (Wildman–Crippen LogP) is 4.29. The summed E-state index contributed by atoms with van der Waals surface area (Å²) in [4.78, 5) is 14.5. The Hall–Kier alpha value is -1.71. The summed E-state index contributed by atoms with van der Waals surface area (Å²) >= 11 is 7.74. The molecule has 0 aliphatic rings. The van der Waals surface area contributed by atoms with E-state index in [0.29, 0.717) is 30.2 Å². The molecule has 0 unspecified atom stereocenters. The SMILES string of the molecule is CCOc1ccc(N(CCCCO)C(=S)NC(=O)c2ccc(C)c(I)c2)cc1. The van der Waals surface area contributed by atoms with Gasteiger partial charge in [0.25, 0.3) is 5.91 Å². The van der Waals surface area contributed by atoms with Crippen molar-refractivity contribution in [2.45, 2.75) is 26.7 Å². The highest BCUT2D eigenvalue weighted by atomic mass is 127. The number of aliphatic hydroxyl groups is 1. The number of nitrogens with one attached hydrogen (secondary N) is 1. The third-order valence-electron chi connectivity index (χ3n) is 4.15.